The van der Waals surface area contributed by atoms with E-state index in [1.165, 1.54) is 34.2 Å². The van der Waals surface area contributed by atoms with E-state index in [2.05, 4.69) is 20.9 Å². The molecule has 0 saturated heterocycles. The lowest BCUT2D eigenvalue weighted by atomic mass is 10.0. The van der Waals surface area contributed by atoms with Crippen LogP contribution in [0.5, 0.6) is 0 Å². The van der Waals surface area contributed by atoms with Gasteiger partial charge in [-0.25, -0.2) is 0 Å². The normalized spacial score (nSPS) is 11.7. The number of nitrogens with one attached hydrogen (secondary N) is 2. The first-order valence-corrected chi connectivity index (χ1v) is 9.26. The fourth-order valence-corrected chi connectivity index (χ4v) is 2.64. The monoisotopic (exact) mass is 434 g/mol. The van der Waals surface area contributed by atoms with Crippen molar-refractivity contribution in [1.29, 1.82) is 0 Å². The molecular formula is C19H26N6O6. The summed E-state index contributed by atoms with van der Waals surface area (Å²) >= 11 is 0. The smallest absolute Gasteiger partial charge is 0.297 e. The van der Waals surface area contributed by atoms with E-state index in [4.69, 9.17) is 4.74 Å². The Morgan fingerprint density at radius 3 is 2.39 bits per heavy atom. The van der Waals surface area contributed by atoms with Crippen molar-refractivity contribution in [2.45, 2.75) is 20.8 Å². The number of nitro groups is 1. The van der Waals surface area contributed by atoms with Gasteiger partial charge in [0.2, 0.25) is 18.0 Å². The van der Waals surface area contributed by atoms with Crippen molar-refractivity contribution in [3.05, 3.63) is 45.0 Å². The highest BCUT2D eigenvalue weighted by Crippen LogP contribution is 2.34. The van der Waals surface area contributed by atoms with Crippen LogP contribution in [-0.4, -0.2) is 55.8 Å². The molecular weight excluding hydrogens is 408 g/mol. The predicted molar refractivity (Wildman–Crippen MR) is 111 cm³/mol. The lowest BCUT2D eigenvalue weighted by molar-refractivity contribution is -0.384. The maximum Gasteiger partial charge on any atom is 0.297 e. The summed E-state index contributed by atoms with van der Waals surface area (Å²) in [5, 5.41) is 24.2. The second-order valence-electron chi connectivity index (χ2n) is 6.73. The third-order valence-corrected chi connectivity index (χ3v) is 4.13. The van der Waals surface area contributed by atoms with Crippen LogP contribution >= 0.6 is 0 Å². The maximum absolute atomic E-state index is 12.8. The van der Waals surface area contributed by atoms with Crippen LogP contribution in [0.3, 0.4) is 0 Å². The minimum Gasteiger partial charge on any atom is -0.481 e. The van der Waals surface area contributed by atoms with E-state index in [-0.39, 0.29) is 40.9 Å². The van der Waals surface area contributed by atoms with Crippen molar-refractivity contribution in [3.8, 4) is 0 Å². The Hall–Kier alpha value is -3.83. The van der Waals surface area contributed by atoms with Crippen molar-refractivity contribution in [2.75, 3.05) is 27.7 Å². The van der Waals surface area contributed by atoms with Gasteiger partial charge in [-0.1, -0.05) is 13.8 Å². The molecule has 0 atom stereocenters. The van der Waals surface area contributed by atoms with E-state index in [1.807, 2.05) is 13.8 Å². The molecule has 168 valence electrons. The van der Waals surface area contributed by atoms with Gasteiger partial charge >= 0.3 is 0 Å². The first-order valence-electron chi connectivity index (χ1n) is 9.26. The van der Waals surface area contributed by atoms with E-state index >= 15 is 0 Å². The molecule has 0 radical (unpaired) electrons. The van der Waals surface area contributed by atoms with E-state index in [9.17, 15) is 24.5 Å². The maximum atomic E-state index is 12.8. The Bertz CT molecular complexity index is 919. The first-order chi connectivity index (χ1) is 14.6. The third-order valence-electron chi connectivity index (χ3n) is 4.13. The largest absolute Gasteiger partial charge is 0.481 e. The summed E-state index contributed by atoms with van der Waals surface area (Å²) in [7, 11) is 4.17. The number of likely N-dealkylation sites (N-methyl/N-ethyl adjacent to an activating group) is 1. The number of hydrogen-bond donors (Lipinski definition) is 2. The zero-order valence-electron chi connectivity index (χ0n) is 18.3. The summed E-state index contributed by atoms with van der Waals surface area (Å²) in [4.78, 5) is 48.1. The molecule has 0 heterocycles. The molecule has 0 saturated carbocycles. The second kappa shape index (κ2) is 11.4. The molecule has 2 N–H and O–H groups in total. The van der Waals surface area contributed by atoms with Gasteiger partial charge in [-0.2, -0.15) is 0 Å². The molecule has 0 aliphatic heterocycles. The fourth-order valence-electron chi connectivity index (χ4n) is 2.64. The molecule has 0 unspecified atom stereocenters. The SMILES string of the molecule is CNC(=O)/C(N=Nc1c([N+](=O)[O-])ccc(C(=O)N(C=O)CC(C)C)c1C)=C(\NC)OC. The number of imide groups is 1. The van der Waals surface area contributed by atoms with Gasteiger partial charge in [0.15, 0.2) is 5.69 Å². The van der Waals surface area contributed by atoms with Crippen molar-refractivity contribution in [3.63, 3.8) is 0 Å². The van der Waals surface area contributed by atoms with Gasteiger partial charge in [-0.3, -0.25) is 29.4 Å². The van der Waals surface area contributed by atoms with Crippen LogP contribution in [-0.2, 0) is 14.3 Å². The van der Waals surface area contributed by atoms with Crippen LogP contribution in [0.15, 0.2) is 33.9 Å². The molecule has 1 rings (SSSR count). The number of rotatable bonds is 10. The Morgan fingerprint density at radius 2 is 1.94 bits per heavy atom. The fraction of sp³-hybridized carbons (Fsp3) is 0.421. The predicted octanol–water partition coefficient (Wildman–Crippen LogP) is 2.02. The Labute approximate surface area is 179 Å². The summed E-state index contributed by atoms with van der Waals surface area (Å²) in [6.45, 7) is 5.31. The van der Waals surface area contributed by atoms with E-state index in [0.29, 0.717) is 6.41 Å². The number of methoxy groups -OCH3 is 1. The molecule has 12 heteroatoms. The highest BCUT2D eigenvalue weighted by molar-refractivity contribution is 6.02. The number of nitrogens with zero attached hydrogens (tertiary/aromatic N) is 4. The minimum absolute atomic E-state index is 0.0142. The van der Waals surface area contributed by atoms with Crippen molar-refractivity contribution in [1.82, 2.24) is 15.5 Å². The van der Waals surface area contributed by atoms with Crippen LogP contribution in [0.25, 0.3) is 0 Å². The Balaban J connectivity index is 3.63. The molecule has 0 spiro atoms. The van der Waals surface area contributed by atoms with Crippen LogP contribution in [0.2, 0.25) is 0 Å². The molecule has 3 amide bonds. The summed E-state index contributed by atoms with van der Waals surface area (Å²) in [5.74, 6) is -1.26. The number of nitro benzene ring substituents is 1. The van der Waals surface area contributed by atoms with Gasteiger partial charge in [0.1, 0.15) is 0 Å². The minimum atomic E-state index is -0.681. The number of carbonyl (C=O) groups excluding carboxylic acids is 3. The van der Waals surface area contributed by atoms with Gasteiger partial charge in [0.05, 0.1) is 12.0 Å². The molecule has 0 aliphatic rings. The average Bonchev–Trinajstić information content (AvgIpc) is 2.74. The summed E-state index contributed by atoms with van der Waals surface area (Å²) in [6, 6.07) is 2.36. The average molecular weight is 434 g/mol. The van der Waals surface area contributed by atoms with Gasteiger partial charge in [0, 0.05) is 32.3 Å². The number of amides is 3. The number of carbonyl (C=O) groups is 3. The van der Waals surface area contributed by atoms with Gasteiger partial charge in [0.25, 0.3) is 17.5 Å². The number of benzene rings is 1. The van der Waals surface area contributed by atoms with Crippen molar-refractivity contribution in [2.24, 2.45) is 16.1 Å². The van der Waals surface area contributed by atoms with Crippen LogP contribution in [0.4, 0.5) is 11.4 Å². The van der Waals surface area contributed by atoms with Crippen LogP contribution in [0.1, 0.15) is 29.8 Å². The van der Waals surface area contributed by atoms with Crippen molar-refractivity contribution >= 4 is 29.6 Å². The molecule has 0 bridgehead atoms. The summed E-state index contributed by atoms with van der Waals surface area (Å²) < 4.78 is 5.05. The van der Waals surface area contributed by atoms with Crippen LogP contribution in [0, 0.1) is 23.0 Å². The van der Waals surface area contributed by atoms with E-state index in [1.54, 1.807) is 0 Å². The summed E-state index contributed by atoms with van der Waals surface area (Å²) in [5.41, 5.74) is -0.706. The number of azo groups is 1. The van der Waals surface area contributed by atoms with Gasteiger partial charge in [-0.05, 0) is 24.5 Å². The lowest BCUT2D eigenvalue weighted by Gasteiger charge is -2.19. The van der Waals surface area contributed by atoms with E-state index < -0.39 is 22.4 Å². The zero-order chi connectivity index (χ0) is 23.7. The molecule has 12 nitrogen and oxygen atoms in total. The lowest BCUT2D eigenvalue weighted by Crippen LogP contribution is -2.33. The van der Waals surface area contributed by atoms with Gasteiger partial charge < -0.3 is 15.4 Å². The Morgan fingerprint density at radius 1 is 1.29 bits per heavy atom. The Kier molecular flexibility index (Phi) is 9.25. The highest BCUT2D eigenvalue weighted by atomic mass is 16.6. The van der Waals surface area contributed by atoms with Crippen molar-refractivity contribution < 1.29 is 24.0 Å². The summed E-state index contributed by atoms with van der Waals surface area (Å²) in [6.07, 6.45) is 0.411. The second-order valence-corrected chi connectivity index (χ2v) is 6.73. The topological polar surface area (TPSA) is 156 Å². The first kappa shape index (κ1) is 25.2. The highest BCUT2D eigenvalue weighted by Gasteiger charge is 2.25. The molecule has 1 aromatic carbocycles. The van der Waals surface area contributed by atoms with E-state index in [0.717, 1.165) is 11.0 Å². The number of hydrogen-bond acceptors (Lipinski definition) is 9. The molecule has 0 aromatic heterocycles. The van der Waals surface area contributed by atoms with Gasteiger partial charge in [-0.15, -0.1) is 10.2 Å². The quantitative estimate of drug-likeness (QED) is 0.142. The number of ether oxygens (including phenoxy) is 1. The third kappa shape index (κ3) is 6.07. The molecule has 31 heavy (non-hydrogen) atoms. The molecule has 1 aromatic rings. The zero-order valence-corrected chi connectivity index (χ0v) is 18.3. The standard InChI is InChI=1S/C19H26N6O6/c1-11(2)9-24(10-26)19(28)13-7-8-14(25(29)30)15(12(13)3)22-23-16(17(27)20-4)18(21-5)31-6/h7-8,10-11,21H,9H2,1-6H3,(H,20,27)/b18-16-,23-22?. The van der Waals surface area contributed by atoms with Crippen LogP contribution < -0.4 is 10.6 Å². The molecule has 0 aliphatic carbocycles. The molecule has 0 fully saturated rings.